The minimum absolute atomic E-state index is 0.280. The number of fused-ring (bicyclic) bond motifs is 1. The Labute approximate surface area is 93.4 Å². The van der Waals surface area contributed by atoms with Crippen LogP contribution in [-0.2, 0) is 16.0 Å². The van der Waals surface area contributed by atoms with E-state index in [2.05, 4.69) is 4.74 Å². The zero-order valence-corrected chi connectivity index (χ0v) is 8.93. The number of benzene rings is 1. The summed E-state index contributed by atoms with van der Waals surface area (Å²) >= 11 is 0. The lowest BCUT2D eigenvalue weighted by atomic mass is 10.1. The lowest BCUT2D eigenvalue weighted by Crippen LogP contribution is -1.92. The fraction of sp³-hybridized carbons (Fsp3) is 0.250. The van der Waals surface area contributed by atoms with Crippen molar-refractivity contribution in [1.82, 2.24) is 0 Å². The molecule has 0 N–H and O–H groups in total. The van der Waals surface area contributed by atoms with Gasteiger partial charge in [0.15, 0.2) is 11.5 Å². The first kappa shape index (κ1) is 10.5. The SMILES string of the molecule is CC(=O)OC=CCc1ccc2c(c1)OCO2. The van der Waals surface area contributed by atoms with E-state index in [1.165, 1.54) is 13.2 Å². The highest BCUT2D eigenvalue weighted by Gasteiger charge is 2.12. The van der Waals surface area contributed by atoms with E-state index in [9.17, 15) is 4.79 Å². The molecule has 0 fully saturated rings. The first-order valence-corrected chi connectivity index (χ1v) is 4.96. The van der Waals surface area contributed by atoms with Gasteiger partial charge >= 0.3 is 5.97 Å². The summed E-state index contributed by atoms with van der Waals surface area (Å²) < 4.78 is 15.1. The van der Waals surface area contributed by atoms with Gasteiger partial charge < -0.3 is 14.2 Å². The summed E-state index contributed by atoms with van der Waals surface area (Å²) in [6.07, 6.45) is 3.86. The Morgan fingerprint density at radius 1 is 1.44 bits per heavy atom. The molecular weight excluding hydrogens is 208 g/mol. The summed E-state index contributed by atoms with van der Waals surface area (Å²) in [5, 5.41) is 0. The molecule has 1 aliphatic rings. The number of rotatable bonds is 3. The molecule has 0 saturated carbocycles. The number of hydrogen-bond acceptors (Lipinski definition) is 4. The van der Waals surface area contributed by atoms with Crippen LogP contribution in [0.2, 0.25) is 0 Å². The van der Waals surface area contributed by atoms with Crippen LogP contribution in [0, 0.1) is 0 Å². The number of hydrogen-bond donors (Lipinski definition) is 0. The smallest absolute Gasteiger partial charge is 0.307 e. The molecule has 0 atom stereocenters. The standard InChI is InChI=1S/C12H12O4/c1-9(13)14-6-2-3-10-4-5-11-12(7-10)16-8-15-11/h2,4-7H,3,8H2,1H3. The number of carbonyl (C=O) groups is 1. The van der Waals surface area contributed by atoms with Crippen molar-refractivity contribution in [1.29, 1.82) is 0 Å². The normalized spacial score (nSPS) is 13.1. The summed E-state index contributed by atoms with van der Waals surface area (Å²) in [6, 6.07) is 5.74. The van der Waals surface area contributed by atoms with E-state index in [0.717, 1.165) is 17.1 Å². The van der Waals surface area contributed by atoms with Crippen molar-refractivity contribution in [2.75, 3.05) is 6.79 Å². The van der Waals surface area contributed by atoms with Crippen LogP contribution < -0.4 is 9.47 Å². The van der Waals surface area contributed by atoms with E-state index in [0.29, 0.717) is 6.42 Å². The van der Waals surface area contributed by atoms with Crippen LogP contribution in [-0.4, -0.2) is 12.8 Å². The maximum absolute atomic E-state index is 10.5. The Morgan fingerprint density at radius 2 is 2.25 bits per heavy atom. The summed E-state index contributed by atoms with van der Waals surface area (Å²) in [4.78, 5) is 10.5. The van der Waals surface area contributed by atoms with E-state index >= 15 is 0 Å². The van der Waals surface area contributed by atoms with E-state index in [1.807, 2.05) is 18.2 Å². The highest BCUT2D eigenvalue weighted by atomic mass is 16.7. The van der Waals surface area contributed by atoms with Crippen LogP contribution in [0.15, 0.2) is 30.5 Å². The molecule has 1 aliphatic heterocycles. The van der Waals surface area contributed by atoms with Gasteiger partial charge in [0.25, 0.3) is 0 Å². The van der Waals surface area contributed by atoms with Crippen LogP contribution in [0.25, 0.3) is 0 Å². The molecule has 0 amide bonds. The minimum Gasteiger partial charge on any atom is -0.454 e. The van der Waals surface area contributed by atoms with E-state index < -0.39 is 0 Å². The van der Waals surface area contributed by atoms with E-state index in [1.54, 1.807) is 6.08 Å². The third-order valence-corrected chi connectivity index (χ3v) is 2.12. The molecular formula is C12H12O4. The minimum atomic E-state index is -0.318. The molecule has 2 rings (SSSR count). The second kappa shape index (κ2) is 4.70. The van der Waals surface area contributed by atoms with Crippen LogP contribution in [0.1, 0.15) is 12.5 Å². The molecule has 0 unspecified atom stereocenters. The molecule has 84 valence electrons. The second-order valence-electron chi connectivity index (χ2n) is 3.37. The molecule has 0 radical (unpaired) electrons. The van der Waals surface area contributed by atoms with Crippen molar-refractivity contribution >= 4 is 5.97 Å². The third kappa shape index (κ3) is 2.53. The zero-order valence-electron chi connectivity index (χ0n) is 8.93. The Hall–Kier alpha value is -1.97. The topological polar surface area (TPSA) is 44.8 Å². The van der Waals surface area contributed by atoms with Crippen molar-refractivity contribution in [2.24, 2.45) is 0 Å². The fourth-order valence-electron chi connectivity index (χ4n) is 1.40. The number of ether oxygens (including phenoxy) is 3. The average Bonchev–Trinajstić information content (AvgIpc) is 2.71. The van der Waals surface area contributed by atoms with E-state index in [4.69, 9.17) is 9.47 Å². The number of carbonyl (C=O) groups excluding carboxylic acids is 1. The molecule has 16 heavy (non-hydrogen) atoms. The number of esters is 1. The predicted octanol–water partition coefficient (Wildman–Crippen LogP) is 2.03. The van der Waals surface area contributed by atoms with Gasteiger partial charge in [0.2, 0.25) is 6.79 Å². The molecule has 0 saturated heterocycles. The fourth-order valence-corrected chi connectivity index (χ4v) is 1.40. The first-order chi connectivity index (χ1) is 7.75. The molecule has 4 nitrogen and oxygen atoms in total. The lowest BCUT2D eigenvalue weighted by Gasteiger charge is -1.99. The first-order valence-electron chi connectivity index (χ1n) is 4.96. The molecule has 0 bridgehead atoms. The van der Waals surface area contributed by atoms with Crippen LogP contribution >= 0.6 is 0 Å². The van der Waals surface area contributed by atoms with Crippen molar-refractivity contribution in [2.45, 2.75) is 13.3 Å². The third-order valence-electron chi connectivity index (χ3n) is 2.12. The summed E-state index contributed by atoms with van der Waals surface area (Å²) in [6.45, 7) is 1.65. The van der Waals surface area contributed by atoms with Crippen molar-refractivity contribution in [3.05, 3.63) is 36.1 Å². The molecule has 1 heterocycles. The summed E-state index contributed by atoms with van der Waals surface area (Å²) in [7, 11) is 0. The van der Waals surface area contributed by atoms with Gasteiger partial charge in [-0.05, 0) is 30.2 Å². The van der Waals surface area contributed by atoms with Crippen LogP contribution in [0.5, 0.6) is 11.5 Å². The van der Waals surface area contributed by atoms with Gasteiger partial charge in [-0.2, -0.15) is 0 Å². The predicted molar refractivity (Wildman–Crippen MR) is 57.2 cm³/mol. The van der Waals surface area contributed by atoms with Crippen molar-refractivity contribution in [3.8, 4) is 11.5 Å². The summed E-state index contributed by atoms with van der Waals surface area (Å²) in [5.41, 5.74) is 1.08. The highest BCUT2D eigenvalue weighted by Crippen LogP contribution is 2.32. The maximum atomic E-state index is 10.5. The Morgan fingerprint density at radius 3 is 3.06 bits per heavy atom. The monoisotopic (exact) mass is 220 g/mol. The largest absolute Gasteiger partial charge is 0.454 e. The number of allylic oxidation sites excluding steroid dienone is 1. The van der Waals surface area contributed by atoms with Crippen LogP contribution in [0.3, 0.4) is 0 Å². The van der Waals surface area contributed by atoms with Gasteiger partial charge in [0.05, 0.1) is 6.26 Å². The Balaban J connectivity index is 1.95. The maximum Gasteiger partial charge on any atom is 0.307 e. The molecule has 0 aromatic heterocycles. The Kier molecular flexibility index (Phi) is 3.10. The molecule has 0 spiro atoms. The van der Waals surface area contributed by atoms with Gasteiger partial charge in [-0.15, -0.1) is 0 Å². The average molecular weight is 220 g/mol. The summed E-state index contributed by atoms with van der Waals surface area (Å²) in [5.74, 6) is 1.22. The molecule has 0 aliphatic carbocycles. The van der Waals surface area contributed by atoms with Gasteiger partial charge in [0, 0.05) is 6.92 Å². The molecule has 4 heteroatoms. The van der Waals surface area contributed by atoms with Crippen molar-refractivity contribution < 1.29 is 19.0 Å². The lowest BCUT2D eigenvalue weighted by molar-refractivity contribution is -0.135. The second-order valence-corrected chi connectivity index (χ2v) is 3.37. The highest BCUT2D eigenvalue weighted by molar-refractivity contribution is 5.66. The van der Waals surface area contributed by atoms with Gasteiger partial charge in [-0.1, -0.05) is 6.07 Å². The Bertz CT molecular complexity index is 423. The zero-order chi connectivity index (χ0) is 11.4. The molecule has 1 aromatic rings. The quantitative estimate of drug-likeness (QED) is 0.577. The van der Waals surface area contributed by atoms with Crippen molar-refractivity contribution in [3.63, 3.8) is 0 Å². The molecule has 1 aromatic carbocycles. The van der Waals surface area contributed by atoms with Gasteiger partial charge in [-0.25, -0.2) is 0 Å². The van der Waals surface area contributed by atoms with Gasteiger partial charge in [0.1, 0.15) is 0 Å². The van der Waals surface area contributed by atoms with Gasteiger partial charge in [-0.3, -0.25) is 4.79 Å². The van der Waals surface area contributed by atoms with Crippen LogP contribution in [0.4, 0.5) is 0 Å². The van der Waals surface area contributed by atoms with E-state index in [-0.39, 0.29) is 12.8 Å².